The molecule has 0 radical (unpaired) electrons. The van der Waals surface area contributed by atoms with Crippen molar-refractivity contribution in [2.45, 2.75) is 0 Å². The number of carbonyl (C=O) groups excluding carboxylic acids is 2. The zero-order valence-electron chi connectivity index (χ0n) is 14.1. The number of anilines is 1. The molecule has 2 amide bonds. The van der Waals surface area contributed by atoms with Crippen molar-refractivity contribution in [3.8, 4) is 0 Å². The fourth-order valence-corrected chi connectivity index (χ4v) is 3.58. The molecule has 0 aromatic carbocycles. The summed E-state index contributed by atoms with van der Waals surface area (Å²) in [6.07, 6.45) is 6.66. The van der Waals surface area contributed by atoms with Gasteiger partial charge in [0.15, 0.2) is 0 Å². The van der Waals surface area contributed by atoms with E-state index >= 15 is 0 Å². The van der Waals surface area contributed by atoms with E-state index in [1.165, 1.54) is 17.4 Å². The Morgan fingerprint density at radius 1 is 1.27 bits per heavy atom. The van der Waals surface area contributed by atoms with Crippen molar-refractivity contribution in [2.75, 3.05) is 38.0 Å². The van der Waals surface area contributed by atoms with Gasteiger partial charge in [0.1, 0.15) is 6.54 Å². The largest absolute Gasteiger partial charge is 0.383 e. The van der Waals surface area contributed by atoms with Crippen molar-refractivity contribution in [3.63, 3.8) is 0 Å². The maximum Gasteiger partial charge on any atom is 0.247 e. The lowest BCUT2D eigenvalue weighted by atomic mass is 10.2. The molecule has 0 bridgehead atoms. The highest BCUT2D eigenvalue weighted by atomic mass is 35.5. The molecular weight excluding hydrogens is 372 g/mol. The molecule has 3 rings (SSSR count). The summed E-state index contributed by atoms with van der Waals surface area (Å²) < 4.78 is 0.682. The molecule has 2 aromatic heterocycles. The Hall–Kier alpha value is -2.38. The number of halogens is 1. The molecule has 0 atom stereocenters. The zero-order chi connectivity index (χ0) is 18.4. The molecule has 8 heteroatoms. The minimum Gasteiger partial charge on any atom is -0.383 e. The lowest BCUT2D eigenvalue weighted by Gasteiger charge is -2.34. The van der Waals surface area contributed by atoms with E-state index in [0.29, 0.717) is 30.5 Å². The monoisotopic (exact) mass is 390 g/mol. The van der Waals surface area contributed by atoms with Crippen LogP contribution in [0.4, 0.5) is 5.69 Å². The van der Waals surface area contributed by atoms with Gasteiger partial charge in [0.25, 0.3) is 0 Å². The second kappa shape index (κ2) is 8.82. The molecule has 0 spiro atoms. The second-order valence-corrected chi connectivity index (χ2v) is 7.53. The molecule has 1 aliphatic heterocycles. The van der Waals surface area contributed by atoms with Crippen LogP contribution in [0.5, 0.6) is 0 Å². The molecule has 1 saturated heterocycles. The van der Waals surface area contributed by atoms with Crippen molar-refractivity contribution < 1.29 is 9.59 Å². The van der Waals surface area contributed by atoms with Crippen molar-refractivity contribution in [1.29, 1.82) is 0 Å². The van der Waals surface area contributed by atoms with Gasteiger partial charge in [-0.1, -0.05) is 11.6 Å². The molecule has 26 heavy (non-hydrogen) atoms. The first-order valence-electron chi connectivity index (χ1n) is 8.26. The third-order valence-corrected chi connectivity index (χ3v) is 5.20. The normalized spacial score (nSPS) is 14.9. The number of hydrogen-bond donors (Lipinski definition) is 1. The number of aromatic nitrogens is 1. The van der Waals surface area contributed by atoms with Crippen LogP contribution in [0.25, 0.3) is 6.08 Å². The third-order valence-electron chi connectivity index (χ3n) is 4.01. The van der Waals surface area contributed by atoms with Crippen LogP contribution in [-0.4, -0.2) is 59.3 Å². The summed E-state index contributed by atoms with van der Waals surface area (Å²) in [6, 6.07) is 7.41. The molecule has 0 unspecified atom stereocenters. The number of piperazine rings is 1. The van der Waals surface area contributed by atoms with Gasteiger partial charge in [-0.25, -0.2) is 0 Å². The van der Waals surface area contributed by atoms with Crippen LogP contribution in [0.1, 0.15) is 4.88 Å². The Kier molecular flexibility index (Phi) is 6.25. The van der Waals surface area contributed by atoms with Gasteiger partial charge in [-0.15, -0.1) is 11.3 Å². The topological polar surface area (TPSA) is 65.5 Å². The van der Waals surface area contributed by atoms with E-state index in [2.05, 4.69) is 10.3 Å². The van der Waals surface area contributed by atoms with Gasteiger partial charge >= 0.3 is 0 Å². The fraction of sp³-hybridized carbons (Fsp3) is 0.278. The van der Waals surface area contributed by atoms with Crippen molar-refractivity contribution in [3.05, 3.63) is 51.9 Å². The summed E-state index contributed by atoms with van der Waals surface area (Å²) in [5, 5.41) is 3.25. The maximum atomic E-state index is 12.3. The minimum absolute atomic E-state index is 0.0336. The molecule has 3 heterocycles. The highest BCUT2D eigenvalue weighted by molar-refractivity contribution is 7.17. The van der Waals surface area contributed by atoms with E-state index < -0.39 is 0 Å². The maximum absolute atomic E-state index is 12.3. The molecule has 1 fully saturated rings. The standard InChI is InChI=1S/C18H19ClN4O2S/c19-16-3-1-15(26-16)2-4-17(24)23-12-11-22(18(25)13-23)10-9-21-14-5-7-20-8-6-14/h1-8H,9-13H2,(H,20,21). The van der Waals surface area contributed by atoms with Crippen molar-refractivity contribution in [1.82, 2.24) is 14.8 Å². The molecule has 2 aromatic rings. The summed E-state index contributed by atoms with van der Waals surface area (Å²) in [4.78, 5) is 32.8. The van der Waals surface area contributed by atoms with Crippen molar-refractivity contribution >= 4 is 46.5 Å². The van der Waals surface area contributed by atoms with E-state index in [9.17, 15) is 9.59 Å². The summed E-state index contributed by atoms with van der Waals surface area (Å²) in [7, 11) is 0. The molecular formula is C18H19ClN4O2S. The summed E-state index contributed by atoms with van der Waals surface area (Å²) in [5.41, 5.74) is 0.972. The van der Waals surface area contributed by atoms with Gasteiger partial charge in [-0.2, -0.15) is 0 Å². The van der Waals surface area contributed by atoms with E-state index in [-0.39, 0.29) is 18.4 Å². The minimum atomic E-state index is -0.155. The average Bonchev–Trinajstić information content (AvgIpc) is 3.07. The highest BCUT2D eigenvalue weighted by Gasteiger charge is 2.25. The Bertz CT molecular complexity index is 793. The first kappa shape index (κ1) is 18.4. The number of carbonyl (C=O) groups is 2. The van der Waals surface area contributed by atoms with Crippen LogP contribution in [0.15, 0.2) is 42.7 Å². The Balaban J connectivity index is 1.44. The SMILES string of the molecule is O=C(C=Cc1ccc(Cl)s1)N1CCN(CCNc2ccncc2)C(=O)C1. The summed E-state index contributed by atoms with van der Waals surface area (Å²) in [5.74, 6) is -0.189. The van der Waals surface area contributed by atoms with Gasteiger partial charge in [0, 0.05) is 55.2 Å². The van der Waals surface area contributed by atoms with Gasteiger partial charge in [-0.05, 0) is 30.3 Å². The van der Waals surface area contributed by atoms with Gasteiger partial charge in [0.2, 0.25) is 11.8 Å². The molecule has 0 saturated carbocycles. The molecule has 1 N–H and O–H groups in total. The number of nitrogens with one attached hydrogen (secondary N) is 1. The van der Waals surface area contributed by atoms with Crippen LogP contribution in [0.3, 0.4) is 0 Å². The summed E-state index contributed by atoms with van der Waals surface area (Å²) >= 11 is 7.28. The highest BCUT2D eigenvalue weighted by Crippen LogP contribution is 2.22. The van der Waals surface area contributed by atoms with Crippen LogP contribution in [0.2, 0.25) is 4.34 Å². The summed E-state index contributed by atoms with van der Waals surface area (Å²) in [6.45, 7) is 2.45. The Morgan fingerprint density at radius 2 is 2.08 bits per heavy atom. The Morgan fingerprint density at radius 3 is 2.77 bits per heavy atom. The Labute approximate surface area is 161 Å². The van der Waals surface area contributed by atoms with Crippen LogP contribution >= 0.6 is 22.9 Å². The first-order chi connectivity index (χ1) is 12.6. The van der Waals surface area contributed by atoms with Crippen molar-refractivity contribution in [2.24, 2.45) is 0 Å². The van der Waals surface area contributed by atoms with E-state index in [1.54, 1.807) is 34.3 Å². The third kappa shape index (κ3) is 5.06. The number of thiophene rings is 1. The number of hydrogen-bond acceptors (Lipinski definition) is 5. The van der Waals surface area contributed by atoms with Gasteiger partial charge in [-0.3, -0.25) is 14.6 Å². The number of amides is 2. The molecule has 6 nitrogen and oxygen atoms in total. The smallest absolute Gasteiger partial charge is 0.247 e. The van der Waals surface area contributed by atoms with E-state index in [1.807, 2.05) is 18.2 Å². The predicted octanol–water partition coefficient (Wildman–Crippen LogP) is 2.59. The number of rotatable bonds is 6. The molecule has 0 aliphatic carbocycles. The predicted molar refractivity (Wildman–Crippen MR) is 104 cm³/mol. The number of nitrogens with zero attached hydrogens (tertiary/aromatic N) is 3. The van der Waals surface area contributed by atoms with Gasteiger partial charge in [0.05, 0.1) is 4.34 Å². The number of pyridine rings is 1. The quantitative estimate of drug-likeness (QED) is 0.770. The lowest BCUT2D eigenvalue weighted by molar-refractivity contribution is -0.142. The van der Waals surface area contributed by atoms with E-state index in [0.717, 1.165) is 10.6 Å². The van der Waals surface area contributed by atoms with Gasteiger partial charge < -0.3 is 15.1 Å². The molecule has 136 valence electrons. The first-order valence-corrected chi connectivity index (χ1v) is 9.45. The van der Waals surface area contributed by atoms with Crippen LogP contribution < -0.4 is 5.32 Å². The average molecular weight is 391 g/mol. The fourth-order valence-electron chi connectivity index (χ4n) is 2.61. The van der Waals surface area contributed by atoms with E-state index in [4.69, 9.17) is 11.6 Å². The zero-order valence-corrected chi connectivity index (χ0v) is 15.7. The van der Waals surface area contributed by atoms with Crippen LogP contribution in [0, 0.1) is 0 Å². The lowest BCUT2D eigenvalue weighted by Crippen LogP contribution is -2.52. The second-order valence-electron chi connectivity index (χ2n) is 5.78. The molecule has 1 aliphatic rings. The van der Waals surface area contributed by atoms with Crippen LogP contribution in [-0.2, 0) is 9.59 Å².